The number of hydrogen-bond donors (Lipinski definition) is 0. The number of ether oxygens (including phenoxy) is 1. The highest BCUT2D eigenvalue weighted by Gasteiger charge is 2.27. The van der Waals surface area contributed by atoms with Gasteiger partial charge in [-0.15, -0.1) is 0 Å². The number of aromatic nitrogens is 1. The van der Waals surface area contributed by atoms with Crippen molar-refractivity contribution in [1.82, 2.24) is 9.88 Å². The molecule has 1 aromatic heterocycles. The van der Waals surface area contributed by atoms with Gasteiger partial charge in [-0.1, -0.05) is 36.6 Å². The molecule has 1 amide bonds. The molecule has 2 heterocycles. The number of benzene rings is 1. The average Bonchev–Trinajstić information content (AvgIpc) is 2.87. The van der Waals surface area contributed by atoms with Gasteiger partial charge in [0.15, 0.2) is 0 Å². The summed E-state index contributed by atoms with van der Waals surface area (Å²) < 4.78 is 5.24. The van der Waals surface area contributed by atoms with Gasteiger partial charge in [0.05, 0.1) is 13.2 Å². The Morgan fingerprint density at radius 3 is 2.71 bits per heavy atom. The van der Waals surface area contributed by atoms with E-state index in [0.29, 0.717) is 10.7 Å². The minimum Gasteiger partial charge on any atom is -0.497 e. The highest BCUT2D eigenvalue weighted by molar-refractivity contribution is 6.29. The van der Waals surface area contributed by atoms with Crippen LogP contribution in [0.2, 0.25) is 5.15 Å². The van der Waals surface area contributed by atoms with Gasteiger partial charge in [0, 0.05) is 18.3 Å². The second-order valence-corrected chi connectivity index (χ2v) is 6.39. The molecular formula is C19H21ClN2O2. The summed E-state index contributed by atoms with van der Waals surface area (Å²) in [4.78, 5) is 19.0. The van der Waals surface area contributed by atoms with Gasteiger partial charge >= 0.3 is 0 Å². The van der Waals surface area contributed by atoms with Crippen LogP contribution >= 0.6 is 11.6 Å². The van der Waals surface area contributed by atoms with E-state index < -0.39 is 0 Å². The van der Waals surface area contributed by atoms with E-state index in [2.05, 4.69) is 17.1 Å². The predicted molar refractivity (Wildman–Crippen MR) is 94.5 cm³/mol. The Bertz CT molecular complexity index is 703. The van der Waals surface area contributed by atoms with E-state index in [1.807, 2.05) is 17.0 Å². The molecule has 0 spiro atoms. The average molecular weight is 345 g/mol. The van der Waals surface area contributed by atoms with Crippen molar-refractivity contribution in [1.29, 1.82) is 0 Å². The van der Waals surface area contributed by atoms with Crippen molar-refractivity contribution in [3.05, 3.63) is 58.9 Å². The highest BCUT2D eigenvalue weighted by atomic mass is 35.5. The number of halogens is 1. The molecule has 1 atom stereocenters. The molecule has 1 aromatic carbocycles. The molecule has 2 aromatic rings. The van der Waals surface area contributed by atoms with Crippen molar-refractivity contribution in [2.75, 3.05) is 13.7 Å². The van der Waals surface area contributed by atoms with E-state index in [1.54, 1.807) is 25.4 Å². The summed E-state index contributed by atoms with van der Waals surface area (Å²) in [5, 5.41) is 0.344. The molecule has 5 heteroatoms. The number of amides is 1. The zero-order chi connectivity index (χ0) is 16.9. The first-order chi connectivity index (χ1) is 11.7. The topological polar surface area (TPSA) is 42.4 Å². The fourth-order valence-electron chi connectivity index (χ4n) is 3.23. The summed E-state index contributed by atoms with van der Waals surface area (Å²) in [6, 6.07) is 11.4. The first kappa shape index (κ1) is 16.8. The van der Waals surface area contributed by atoms with Crippen molar-refractivity contribution in [2.45, 2.75) is 31.7 Å². The second kappa shape index (κ2) is 7.67. The third-order valence-electron chi connectivity index (χ3n) is 4.49. The van der Waals surface area contributed by atoms with Crippen molar-refractivity contribution in [3.63, 3.8) is 0 Å². The van der Waals surface area contributed by atoms with Crippen LogP contribution in [0.25, 0.3) is 0 Å². The first-order valence-corrected chi connectivity index (χ1v) is 8.63. The molecule has 3 rings (SSSR count). The van der Waals surface area contributed by atoms with Gasteiger partial charge in [-0.05, 0) is 42.7 Å². The van der Waals surface area contributed by atoms with Crippen LogP contribution in [0.4, 0.5) is 0 Å². The molecule has 0 saturated carbocycles. The summed E-state index contributed by atoms with van der Waals surface area (Å²) in [5.74, 6) is 0.841. The third kappa shape index (κ3) is 3.70. The van der Waals surface area contributed by atoms with Crippen LogP contribution in [0.5, 0.6) is 5.75 Å². The Morgan fingerprint density at radius 1 is 1.21 bits per heavy atom. The van der Waals surface area contributed by atoms with Crippen molar-refractivity contribution < 1.29 is 9.53 Å². The number of carbonyl (C=O) groups is 1. The standard InChI is InChI=1S/C19H21ClN2O2/c1-24-16-8-6-14(7-9-16)17-5-3-2-4-12-22(17)19(23)15-10-11-21-18(20)13-15/h6-11,13,17H,2-5,12H2,1H3/t17-/m1/s1. The summed E-state index contributed by atoms with van der Waals surface area (Å²) in [6.45, 7) is 0.759. The van der Waals surface area contributed by atoms with Gasteiger partial charge < -0.3 is 9.64 Å². The lowest BCUT2D eigenvalue weighted by Crippen LogP contribution is -2.34. The number of likely N-dealkylation sites (tertiary alicyclic amines) is 1. The van der Waals surface area contributed by atoms with Crippen molar-refractivity contribution in [2.24, 2.45) is 0 Å². The monoisotopic (exact) mass is 344 g/mol. The van der Waals surface area contributed by atoms with Crippen molar-refractivity contribution in [3.8, 4) is 5.75 Å². The summed E-state index contributed by atoms with van der Waals surface area (Å²) in [5.41, 5.74) is 1.74. The normalized spacial score (nSPS) is 18.1. The third-order valence-corrected chi connectivity index (χ3v) is 4.69. The maximum absolute atomic E-state index is 13.0. The van der Waals surface area contributed by atoms with Crippen molar-refractivity contribution >= 4 is 17.5 Å². The fraction of sp³-hybridized carbons (Fsp3) is 0.368. The van der Waals surface area contributed by atoms with Gasteiger partial charge in [0.1, 0.15) is 10.9 Å². The molecule has 1 aliphatic rings. The van der Waals surface area contributed by atoms with Gasteiger partial charge in [-0.25, -0.2) is 4.98 Å². The number of carbonyl (C=O) groups excluding carboxylic acids is 1. The molecule has 0 unspecified atom stereocenters. The van der Waals surface area contributed by atoms with E-state index in [4.69, 9.17) is 16.3 Å². The fourth-order valence-corrected chi connectivity index (χ4v) is 3.40. The Kier molecular flexibility index (Phi) is 5.36. The largest absolute Gasteiger partial charge is 0.497 e. The zero-order valence-corrected chi connectivity index (χ0v) is 14.5. The van der Waals surface area contributed by atoms with Crippen LogP contribution in [-0.2, 0) is 0 Å². The molecular weight excluding hydrogens is 324 g/mol. The molecule has 1 fully saturated rings. The Balaban J connectivity index is 1.90. The van der Waals surface area contributed by atoms with Crippen LogP contribution in [0, 0.1) is 0 Å². The Hall–Kier alpha value is -2.07. The lowest BCUT2D eigenvalue weighted by Gasteiger charge is -2.30. The first-order valence-electron chi connectivity index (χ1n) is 8.25. The molecule has 4 nitrogen and oxygen atoms in total. The van der Waals surface area contributed by atoms with Gasteiger partial charge in [-0.3, -0.25) is 4.79 Å². The zero-order valence-electron chi connectivity index (χ0n) is 13.7. The summed E-state index contributed by atoms with van der Waals surface area (Å²) in [6.07, 6.45) is 5.84. The van der Waals surface area contributed by atoms with Gasteiger partial charge in [0.2, 0.25) is 0 Å². The molecule has 0 aliphatic carbocycles. The number of nitrogens with zero attached hydrogens (tertiary/aromatic N) is 2. The molecule has 0 radical (unpaired) electrons. The van der Waals surface area contributed by atoms with Gasteiger partial charge in [-0.2, -0.15) is 0 Å². The molecule has 0 bridgehead atoms. The lowest BCUT2D eigenvalue weighted by atomic mass is 10.00. The van der Waals surface area contributed by atoms with Crippen LogP contribution < -0.4 is 4.74 Å². The maximum atomic E-state index is 13.0. The molecule has 0 N–H and O–H groups in total. The number of methoxy groups -OCH3 is 1. The van der Waals surface area contributed by atoms with Crippen LogP contribution in [0.1, 0.15) is 47.6 Å². The number of hydrogen-bond acceptors (Lipinski definition) is 3. The van der Waals surface area contributed by atoms with E-state index in [9.17, 15) is 4.79 Å². The van der Waals surface area contributed by atoms with Gasteiger partial charge in [0.25, 0.3) is 5.91 Å². The highest BCUT2D eigenvalue weighted by Crippen LogP contribution is 2.32. The van der Waals surface area contributed by atoms with E-state index >= 15 is 0 Å². The smallest absolute Gasteiger partial charge is 0.254 e. The number of pyridine rings is 1. The Morgan fingerprint density at radius 2 is 2.00 bits per heavy atom. The predicted octanol–water partition coefficient (Wildman–Crippen LogP) is 4.50. The molecule has 1 saturated heterocycles. The maximum Gasteiger partial charge on any atom is 0.254 e. The van der Waals surface area contributed by atoms with E-state index in [-0.39, 0.29) is 11.9 Å². The van der Waals surface area contributed by atoms with E-state index in [0.717, 1.165) is 43.5 Å². The van der Waals surface area contributed by atoms with Crippen LogP contribution in [0.15, 0.2) is 42.6 Å². The summed E-state index contributed by atoms with van der Waals surface area (Å²) in [7, 11) is 1.66. The molecule has 1 aliphatic heterocycles. The lowest BCUT2D eigenvalue weighted by molar-refractivity contribution is 0.0681. The van der Waals surface area contributed by atoms with E-state index in [1.165, 1.54) is 0 Å². The minimum absolute atomic E-state index is 0.0158. The number of rotatable bonds is 3. The summed E-state index contributed by atoms with van der Waals surface area (Å²) >= 11 is 5.95. The second-order valence-electron chi connectivity index (χ2n) is 6.00. The Labute approximate surface area is 147 Å². The quantitative estimate of drug-likeness (QED) is 0.770. The SMILES string of the molecule is COc1ccc([C@H]2CCCCCN2C(=O)c2ccnc(Cl)c2)cc1. The molecule has 126 valence electrons. The molecule has 24 heavy (non-hydrogen) atoms. The van der Waals surface area contributed by atoms with Crippen LogP contribution in [-0.4, -0.2) is 29.4 Å². The van der Waals surface area contributed by atoms with Crippen LogP contribution in [0.3, 0.4) is 0 Å². The minimum atomic E-state index is 0.0158.